The number of unbranched alkanes of at least 4 members (excludes halogenated alkanes) is 4. The summed E-state index contributed by atoms with van der Waals surface area (Å²) in [5, 5.41) is 9.70. The summed E-state index contributed by atoms with van der Waals surface area (Å²) in [7, 11) is 0. The molecule has 22 heavy (non-hydrogen) atoms. The highest BCUT2D eigenvalue weighted by Crippen LogP contribution is 2.55. The first-order valence-corrected chi connectivity index (χ1v) is 9.58. The fourth-order valence-corrected chi connectivity index (χ4v) is 4.98. The maximum atomic E-state index is 12.1. The Kier molecular flexibility index (Phi) is 6.10. The molecule has 0 aromatic carbocycles. The quantitative estimate of drug-likeness (QED) is 0.620. The van der Waals surface area contributed by atoms with Crippen molar-refractivity contribution in [3.63, 3.8) is 0 Å². The highest BCUT2D eigenvalue weighted by molar-refractivity contribution is 5.83. The van der Waals surface area contributed by atoms with Gasteiger partial charge in [0.15, 0.2) is 0 Å². The SMILES string of the molecule is CC(C)(O)CCCCCCC[C@@H]1CCC(=O)[C@@H]2CCC[C@@]12C. The van der Waals surface area contributed by atoms with Gasteiger partial charge in [-0.25, -0.2) is 0 Å². The van der Waals surface area contributed by atoms with Gasteiger partial charge < -0.3 is 5.11 Å². The van der Waals surface area contributed by atoms with Gasteiger partial charge in [0.1, 0.15) is 5.78 Å². The van der Waals surface area contributed by atoms with Gasteiger partial charge in [-0.2, -0.15) is 0 Å². The van der Waals surface area contributed by atoms with Gasteiger partial charge in [0.25, 0.3) is 0 Å². The summed E-state index contributed by atoms with van der Waals surface area (Å²) >= 11 is 0. The summed E-state index contributed by atoms with van der Waals surface area (Å²) in [5.41, 5.74) is -0.170. The summed E-state index contributed by atoms with van der Waals surface area (Å²) < 4.78 is 0. The average Bonchev–Trinajstić information content (AvgIpc) is 2.82. The lowest BCUT2D eigenvalue weighted by molar-refractivity contribution is -0.131. The number of aliphatic hydroxyl groups is 1. The molecule has 3 atom stereocenters. The third-order valence-electron chi connectivity index (χ3n) is 6.41. The summed E-state index contributed by atoms with van der Waals surface area (Å²) in [6.07, 6.45) is 14.2. The van der Waals surface area contributed by atoms with Crippen molar-refractivity contribution >= 4 is 5.78 Å². The molecule has 0 bridgehead atoms. The number of rotatable bonds is 8. The molecular formula is C20H36O2. The number of carbonyl (C=O) groups is 1. The van der Waals surface area contributed by atoms with Gasteiger partial charge >= 0.3 is 0 Å². The maximum Gasteiger partial charge on any atom is 0.136 e. The van der Waals surface area contributed by atoms with E-state index >= 15 is 0 Å². The van der Waals surface area contributed by atoms with Gasteiger partial charge in [-0.15, -0.1) is 0 Å². The Morgan fingerprint density at radius 2 is 1.82 bits per heavy atom. The molecule has 2 fully saturated rings. The standard InChI is InChI=1S/C20H36O2/c1-19(2,22)14-8-6-4-5-7-10-16-12-13-18(21)17-11-9-15-20(16,17)3/h16-17,22H,4-15H2,1-3H3/t16-,17+,20+/m1/s1. The second-order valence-electron chi connectivity index (χ2n) is 8.77. The van der Waals surface area contributed by atoms with Crippen molar-refractivity contribution in [2.24, 2.45) is 17.3 Å². The molecule has 2 aliphatic carbocycles. The van der Waals surface area contributed by atoms with E-state index in [4.69, 9.17) is 0 Å². The Bertz CT molecular complexity index is 368. The van der Waals surface area contributed by atoms with Crippen molar-refractivity contribution in [3.8, 4) is 0 Å². The summed E-state index contributed by atoms with van der Waals surface area (Å²) in [6.45, 7) is 6.20. The largest absolute Gasteiger partial charge is 0.390 e. The smallest absolute Gasteiger partial charge is 0.136 e. The Morgan fingerprint density at radius 1 is 1.14 bits per heavy atom. The molecule has 0 unspecified atom stereocenters. The molecule has 2 aliphatic rings. The van der Waals surface area contributed by atoms with Gasteiger partial charge in [-0.1, -0.05) is 45.4 Å². The number of hydrogen-bond donors (Lipinski definition) is 1. The van der Waals surface area contributed by atoms with Gasteiger partial charge in [0.2, 0.25) is 0 Å². The highest BCUT2D eigenvalue weighted by atomic mass is 16.3. The van der Waals surface area contributed by atoms with Crippen LogP contribution in [0.15, 0.2) is 0 Å². The van der Waals surface area contributed by atoms with Gasteiger partial charge in [-0.3, -0.25) is 4.79 Å². The van der Waals surface area contributed by atoms with E-state index in [-0.39, 0.29) is 0 Å². The number of carbonyl (C=O) groups excluding carboxylic acids is 1. The molecule has 0 radical (unpaired) electrons. The lowest BCUT2D eigenvalue weighted by Crippen LogP contribution is -2.40. The zero-order chi connectivity index (χ0) is 16.2. The van der Waals surface area contributed by atoms with Crippen molar-refractivity contribution in [1.82, 2.24) is 0 Å². The van der Waals surface area contributed by atoms with Crippen LogP contribution in [0.2, 0.25) is 0 Å². The zero-order valence-electron chi connectivity index (χ0n) is 15.0. The molecule has 0 heterocycles. The van der Waals surface area contributed by atoms with Crippen LogP contribution in [0.3, 0.4) is 0 Å². The molecule has 1 N–H and O–H groups in total. The monoisotopic (exact) mass is 308 g/mol. The molecule has 2 nitrogen and oxygen atoms in total. The van der Waals surface area contributed by atoms with Crippen molar-refractivity contribution in [2.45, 2.75) is 103 Å². The van der Waals surface area contributed by atoms with Crippen LogP contribution in [-0.4, -0.2) is 16.5 Å². The zero-order valence-corrected chi connectivity index (χ0v) is 15.0. The van der Waals surface area contributed by atoms with E-state index in [1.54, 1.807) is 0 Å². The second kappa shape index (κ2) is 7.47. The third kappa shape index (κ3) is 4.57. The van der Waals surface area contributed by atoms with E-state index < -0.39 is 5.60 Å². The predicted molar refractivity (Wildman–Crippen MR) is 91.8 cm³/mol. The maximum absolute atomic E-state index is 12.1. The highest BCUT2D eigenvalue weighted by Gasteiger charge is 2.49. The Hall–Kier alpha value is -0.370. The molecule has 2 rings (SSSR count). The van der Waals surface area contributed by atoms with Gasteiger partial charge in [0, 0.05) is 12.3 Å². The summed E-state index contributed by atoms with van der Waals surface area (Å²) in [5.74, 6) is 1.73. The third-order valence-corrected chi connectivity index (χ3v) is 6.41. The fourth-order valence-electron chi connectivity index (χ4n) is 4.98. The van der Waals surface area contributed by atoms with E-state index in [9.17, 15) is 9.90 Å². The minimum Gasteiger partial charge on any atom is -0.390 e. The fraction of sp³-hybridized carbons (Fsp3) is 0.950. The van der Waals surface area contributed by atoms with Crippen LogP contribution in [0.5, 0.6) is 0 Å². The minimum atomic E-state index is -0.499. The number of Topliss-reactive ketones (excluding diaryl/α,β-unsaturated/α-hetero) is 1. The van der Waals surface area contributed by atoms with Crippen LogP contribution in [0.4, 0.5) is 0 Å². The molecule has 0 aromatic rings. The minimum absolute atomic E-state index is 0.330. The topological polar surface area (TPSA) is 37.3 Å². The van der Waals surface area contributed by atoms with Gasteiger partial charge in [-0.05, 0) is 57.3 Å². The van der Waals surface area contributed by atoms with Crippen LogP contribution >= 0.6 is 0 Å². The first-order chi connectivity index (χ1) is 10.3. The molecule has 128 valence electrons. The Morgan fingerprint density at radius 3 is 2.55 bits per heavy atom. The molecule has 0 aromatic heterocycles. The Labute approximate surface area is 137 Å². The van der Waals surface area contributed by atoms with E-state index in [1.165, 1.54) is 44.9 Å². The van der Waals surface area contributed by atoms with Crippen LogP contribution in [0, 0.1) is 17.3 Å². The summed E-state index contributed by atoms with van der Waals surface area (Å²) in [6, 6.07) is 0. The van der Waals surface area contributed by atoms with E-state index in [0.29, 0.717) is 17.1 Å². The molecular weight excluding hydrogens is 272 g/mol. The van der Waals surface area contributed by atoms with Crippen LogP contribution < -0.4 is 0 Å². The molecule has 0 saturated heterocycles. The molecule has 2 saturated carbocycles. The van der Waals surface area contributed by atoms with E-state index in [1.807, 2.05) is 13.8 Å². The summed E-state index contributed by atoms with van der Waals surface area (Å²) in [4.78, 5) is 12.1. The molecule has 0 spiro atoms. The van der Waals surface area contributed by atoms with Crippen molar-refractivity contribution in [3.05, 3.63) is 0 Å². The average molecular weight is 309 g/mol. The van der Waals surface area contributed by atoms with E-state index in [0.717, 1.165) is 38.0 Å². The van der Waals surface area contributed by atoms with Gasteiger partial charge in [0.05, 0.1) is 5.60 Å². The van der Waals surface area contributed by atoms with Crippen molar-refractivity contribution < 1.29 is 9.90 Å². The first-order valence-electron chi connectivity index (χ1n) is 9.58. The van der Waals surface area contributed by atoms with Crippen LogP contribution in [0.1, 0.15) is 97.8 Å². The molecule has 0 aliphatic heterocycles. The predicted octanol–water partition coefficient (Wildman–Crippen LogP) is 5.27. The number of ketones is 1. The lowest BCUT2D eigenvalue weighted by atomic mass is 9.61. The lowest BCUT2D eigenvalue weighted by Gasteiger charge is -2.43. The van der Waals surface area contributed by atoms with E-state index in [2.05, 4.69) is 6.92 Å². The van der Waals surface area contributed by atoms with Crippen molar-refractivity contribution in [2.75, 3.05) is 0 Å². The number of fused-ring (bicyclic) bond motifs is 1. The first kappa shape index (κ1) is 18.0. The number of hydrogen-bond acceptors (Lipinski definition) is 2. The van der Waals surface area contributed by atoms with Crippen LogP contribution in [-0.2, 0) is 4.79 Å². The van der Waals surface area contributed by atoms with Crippen molar-refractivity contribution in [1.29, 1.82) is 0 Å². The molecule has 2 heteroatoms. The van der Waals surface area contributed by atoms with Crippen LogP contribution in [0.25, 0.3) is 0 Å². The normalized spacial score (nSPS) is 32.3. The Balaban J connectivity index is 1.64. The second-order valence-corrected chi connectivity index (χ2v) is 8.77. The molecule has 0 amide bonds.